The molecule has 0 fully saturated rings. The molecule has 1 rings (SSSR count). The summed E-state index contributed by atoms with van der Waals surface area (Å²) >= 11 is 11.6. The number of likely N-dealkylation sites (N-methyl/N-ethyl adjacent to an activating group) is 1. The minimum atomic E-state index is -0.762. The Labute approximate surface area is 121 Å². The fraction of sp³-hybridized carbons (Fsp3) is 0.333. The fourth-order valence-corrected chi connectivity index (χ4v) is 1.71. The molecule has 0 aliphatic carbocycles. The summed E-state index contributed by atoms with van der Waals surface area (Å²) in [6.45, 7) is 1.41. The highest BCUT2D eigenvalue weighted by Crippen LogP contribution is 2.26. The largest absolute Gasteiger partial charge is 0.481 e. The molecule has 0 aliphatic heterocycles. The van der Waals surface area contributed by atoms with Crippen LogP contribution >= 0.6 is 23.2 Å². The van der Waals surface area contributed by atoms with Gasteiger partial charge in [-0.3, -0.25) is 9.59 Å². The molecule has 19 heavy (non-hydrogen) atoms. The molecule has 1 unspecified atom stereocenters. The molecule has 0 spiro atoms. The number of nitrogens with two attached hydrogens (primary N) is 1. The first-order valence-corrected chi connectivity index (χ1v) is 6.22. The van der Waals surface area contributed by atoms with Crippen LogP contribution in [0, 0.1) is 0 Å². The van der Waals surface area contributed by atoms with Crippen molar-refractivity contribution in [1.29, 1.82) is 0 Å². The third kappa shape index (κ3) is 4.61. The number of hydrogen-bond donors (Lipinski definition) is 1. The van der Waals surface area contributed by atoms with E-state index >= 15 is 0 Å². The number of nitrogens with zero attached hydrogens (tertiary/aromatic N) is 1. The van der Waals surface area contributed by atoms with Crippen molar-refractivity contribution in [1.82, 2.24) is 4.90 Å². The van der Waals surface area contributed by atoms with Crippen LogP contribution in [-0.4, -0.2) is 36.4 Å². The van der Waals surface area contributed by atoms with Crippen LogP contribution < -0.4 is 10.5 Å². The lowest BCUT2D eigenvalue weighted by Gasteiger charge is -2.21. The maximum Gasteiger partial charge on any atom is 0.263 e. The summed E-state index contributed by atoms with van der Waals surface area (Å²) in [6.07, 6.45) is -0.762. The first-order chi connectivity index (χ1) is 8.81. The fourth-order valence-electron chi connectivity index (χ4n) is 1.43. The Bertz CT molecular complexity index is 494. The van der Waals surface area contributed by atoms with E-state index in [9.17, 15) is 9.59 Å². The molecule has 0 aliphatic rings. The van der Waals surface area contributed by atoms with Gasteiger partial charge < -0.3 is 15.4 Å². The zero-order valence-corrected chi connectivity index (χ0v) is 12.0. The topological polar surface area (TPSA) is 72.6 Å². The number of carbonyl (C=O) groups excluding carboxylic acids is 2. The van der Waals surface area contributed by atoms with Gasteiger partial charge in [0.25, 0.3) is 5.91 Å². The van der Waals surface area contributed by atoms with Gasteiger partial charge in [0.2, 0.25) is 5.91 Å². The molecular weight excluding hydrogens is 291 g/mol. The van der Waals surface area contributed by atoms with Gasteiger partial charge >= 0.3 is 0 Å². The van der Waals surface area contributed by atoms with Crippen molar-refractivity contribution in [2.45, 2.75) is 13.0 Å². The number of rotatable bonds is 5. The van der Waals surface area contributed by atoms with E-state index in [1.54, 1.807) is 19.1 Å². The summed E-state index contributed by atoms with van der Waals surface area (Å²) in [6, 6.07) is 4.69. The average Bonchev–Trinajstić information content (AvgIpc) is 2.32. The van der Waals surface area contributed by atoms with Crippen molar-refractivity contribution in [3.63, 3.8) is 0 Å². The van der Waals surface area contributed by atoms with Gasteiger partial charge in [-0.1, -0.05) is 23.2 Å². The third-order valence-corrected chi connectivity index (χ3v) is 3.06. The molecule has 0 heterocycles. The number of halogens is 2. The summed E-state index contributed by atoms with van der Waals surface area (Å²) in [7, 11) is 1.47. The second kappa shape index (κ2) is 6.63. The monoisotopic (exact) mass is 304 g/mol. The lowest BCUT2D eigenvalue weighted by Crippen LogP contribution is -2.42. The molecule has 2 N–H and O–H groups in total. The van der Waals surface area contributed by atoms with Crippen LogP contribution in [0.5, 0.6) is 5.75 Å². The maximum absolute atomic E-state index is 11.9. The highest BCUT2D eigenvalue weighted by molar-refractivity contribution is 6.42. The molecule has 0 saturated heterocycles. The highest BCUT2D eigenvalue weighted by Gasteiger charge is 2.20. The van der Waals surface area contributed by atoms with E-state index in [4.69, 9.17) is 33.7 Å². The Morgan fingerprint density at radius 2 is 2.00 bits per heavy atom. The van der Waals surface area contributed by atoms with Crippen molar-refractivity contribution < 1.29 is 14.3 Å². The minimum Gasteiger partial charge on any atom is -0.481 e. The second-order valence-corrected chi connectivity index (χ2v) is 4.81. The molecule has 104 valence electrons. The number of hydrogen-bond acceptors (Lipinski definition) is 3. The lowest BCUT2D eigenvalue weighted by molar-refractivity contribution is -0.139. The van der Waals surface area contributed by atoms with Gasteiger partial charge in [-0.05, 0) is 19.1 Å². The average molecular weight is 305 g/mol. The molecule has 0 bridgehead atoms. The van der Waals surface area contributed by atoms with E-state index in [2.05, 4.69) is 0 Å². The Morgan fingerprint density at radius 1 is 1.37 bits per heavy atom. The van der Waals surface area contributed by atoms with Crippen LogP contribution in [0.4, 0.5) is 0 Å². The van der Waals surface area contributed by atoms with E-state index in [1.807, 2.05) is 0 Å². The van der Waals surface area contributed by atoms with Gasteiger partial charge in [-0.15, -0.1) is 0 Å². The normalized spacial score (nSPS) is 11.8. The number of carbonyl (C=O) groups is 2. The van der Waals surface area contributed by atoms with Crippen molar-refractivity contribution in [3.05, 3.63) is 28.2 Å². The van der Waals surface area contributed by atoms with Gasteiger partial charge in [0.15, 0.2) is 6.10 Å². The van der Waals surface area contributed by atoms with E-state index in [0.717, 1.165) is 0 Å². The van der Waals surface area contributed by atoms with Gasteiger partial charge in [-0.25, -0.2) is 0 Å². The minimum absolute atomic E-state index is 0.159. The SMILES string of the molecule is CC(Oc1ccc(Cl)c(Cl)c1)C(=O)N(C)CC(N)=O. The van der Waals surface area contributed by atoms with Crippen molar-refractivity contribution >= 4 is 35.0 Å². The van der Waals surface area contributed by atoms with Gasteiger partial charge in [0.05, 0.1) is 16.6 Å². The Morgan fingerprint density at radius 3 is 2.53 bits per heavy atom. The zero-order chi connectivity index (χ0) is 14.6. The number of ether oxygens (including phenoxy) is 1. The standard InChI is InChI=1S/C12H14Cl2N2O3/c1-7(12(18)16(2)6-11(15)17)19-8-3-4-9(13)10(14)5-8/h3-5,7H,6H2,1-2H3,(H2,15,17). The smallest absolute Gasteiger partial charge is 0.263 e. The molecule has 0 aromatic heterocycles. The molecular formula is C12H14Cl2N2O3. The summed E-state index contributed by atoms with van der Waals surface area (Å²) in [5, 5.41) is 0.739. The second-order valence-electron chi connectivity index (χ2n) is 4.00. The van der Waals surface area contributed by atoms with Crippen molar-refractivity contribution in [3.8, 4) is 5.75 Å². The van der Waals surface area contributed by atoms with Crippen molar-refractivity contribution in [2.75, 3.05) is 13.6 Å². The molecule has 0 saturated carbocycles. The summed E-state index contributed by atoms with van der Waals surface area (Å²) in [5.41, 5.74) is 5.01. The van der Waals surface area contributed by atoms with E-state index in [0.29, 0.717) is 15.8 Å². The molecule has 1 atom stereocenters. The zero-order valence-electron chi connectivity index (χ0n) is 10.5. The predicted octanol–water partition coefficient (Wildman–Crippen LogP) is 1.70. The van der Waals surface area contributed by atoms with Crippen LogP contribution in [0.15, 0.2) is 18.2 Å². The van der Waals surface area contributed by atoms with Crippen LogP contribution in [0.3, 0.4) is 0 Å². The van der Waals surface area contributed by atoms with E-state index in [-0.39, 0.29) is 12.5 Å². The van der Waals surface area contributed by atoms with Gasteiger partial charge in [0, 0.05) is 13.1 Å². The van der Waals surface area contributed by atoms with Gasteiger partial charge in [0.1, 0.15) is 5.75 Å². The maximum atomic E-state index is 11.9. The molecule has 2 amide bonds. The lowest BCUT2D eigenvalue weighted by atomic mass is 10.3. The van der Waals surface area contributed by atoms with Crippen molar-refractivity contribution in [2.24, 2.45) is 5.73 Å². The summed E-state index contributed by atoms with van der Waals surface area (Å²) in [5.74, 6) is -0.523. The summed E-state index contributed by atoms with van der Waals surface area (Å²) < 4.78 is 5.43. The molecule has 1 aromatic rings. The quantitative estimate of drug-likeness (QED) is 0.900. The number of primary amides is 1. The molecule has 1 aromatic carbocycles. The Balaban J connectivity index is 2.68. The van der Waals surface area contributed by atoms with E-state index < -0.39 is 12.0 Å². The highest BCUT2D eigenvalue weighted by atomic mass is 35.5. The first-order valence-electron chi connectivity index (χ1n) is 5.46. The molecule has 0 radical (unpaired) electrons. The summed E-state index contributed by atoms with van der Waals surface area (Å²) in [4.78, 5) is 23.8. The van der Waals surface area contributed by atoms with Crippen LogP contribution in [0.25, 0.3) is 0 Å². The van der Waals surface area contributed by atoms with Crippen LogP contribution in [0.1, 0.15) is 6.92 Å². The Hall–Kier alpha value is -1.46. The number of benzene rings is 1. The van der Waals surface area contributed by atoms with Gasteiger partial charge in [-0.2, -0.15) is 0 Å². The van der Waals surface area contributed by atoms with Crippen LogP contribution in [0.2, 0.25) is 10.0 Å². The molecule has 5 nitrogen and oxygen atoms in total. The number of amides is 2. The predicted molar refractivity (Wildman–Crippen MR) is 73.4 cm³/mol. The molecule has 7 heteroatoms. The van der Waals surface area contributed by atoms with Crippen LogP contribution in [-0.2, 0) is 9.59 Å². The third-order valence-electron chi connectivity index (χ3n) is 2.32. The van der Waals surface area contributed by atoms with E-state index in [1.165, 1.54) is 18.0 Å². The first kappa shape index (κ1) is 15.6. The Kier molecular flexibility index (Phi) is 5.44.